The number of hydrogen-bond acceptors (Lipinski definition) is 4. The van der Waals surface area contributed by atoms with Gasteiger partial charge in [0.2, 0.25) is 0 Å². The minimum Gasteiger partial charge on any atom is -0.372 e. The van der Waals surface area contributed by atoms with E-state index in [4.69, 9.17) is 0 Å². The Balaban J connectivity index is 1.87. The van der Waals surface area contributed by atoms with Crippen molar-refractivity contribution >= 4 is 11.2 Å². The van der Waals surface area contributed by atoms with Crippen LogP contribution in [0.5, 0.6) is 0 Å². The van der Waals surface area contributed by atoms with Gasteiger partial charge in [0.25, 0.3) is 5.56 Å². The normalized spacial score (nSPS) is 20.2. The van der Waals surface area contributed by atoms with Gasteiger partial charge in [0.05, 0.1) is 11.9 Å². The number of allylic oxidation sites excluding steroid dienone is 4. The smallest absolute Gasteiger partial charge is 0.372 e. The fraction of sp³-hybridized carbons (Fsp3) is 0.364. The topological polar surface area (TPSA) is 58.4 Å². The fourth-order valence-electron chi connectivity index (χ4n) is 3.93. The van der Waals surface area contributed by atoms with E-state index in [1.54, 1.807) is 19.1 Å². The molecule has 2 atom stereocenters. The predicted octanol–water partition coefficient (Wildman–Crippen LogP) is 4.37. The van der Waals surface area contributed by atoms with Gasteiger partial charge in [-0.05, 0) is 62.1 Å². The second-order valence-corrected chi connectivity index (χ2v) is 7.77. The zero-order valence-electron chi connectivity index (χ0n) is 16.8. The second kappa shape index (κ2) is 8.30. The van der Waals surface area contributed by atoms with Crippen LogP contribution < -0.4 is 16.2 Å². The quantitative estimate of drug-likeness (QED) is 0.702. The molecule has 0 spiro atoms. The molecule has 0 saturated heterocycles. The van der Waals surface area contributed by atoms with Gasteiger partial charge in [-0.2, -0.15) is 13.2 Å². The summed E-state index contributed by atoms with van der Waals surface area (Å²) in [4.78, 5) is 17.0. The monoisotopic (exact) mass is 434 g/mol. The van der Waals surface area contributed by atoms with E-state index >= 15 is 0 Å². The van der Waals surface area contributed by atoms with Gasteiger partial charge in [0.15, 0.2) is 0 Å². The molecule has 0 aromatic carbocycles. The SMILES string of the molecule is CC1=CC=CNC1NC(c1cc(F)cn2c(=O)cc(C3=CCCCC3)nc12)C(F)(F)F. The van der Waals surface area contributed by atoms with Crippen LogP contribution in [0.4, 0.5) is 17.6 Å². The summed E-state index contributed by atoms with van der Waals surface area (Å²) in [6.45, 7) is 1.68. The van der Waals surface area contributed by atoms with E-state index in [1.165, 1.54) is 12.3 Å². The number of nitrogens with one attached hydrogen (secondary N) is 2. The zero-order valence-corrected chi connectivity index (χ0v) is 16.8. The highest BCUT2D eigenvalue weighted by molar-refractivity contribution is 5.65. The molecule has 2 N–H and O–H groups in total. The number of aromatic nitrogens is 2. The molecule has 0 amide bonds. The van der Waals surface area contributed by atoms with Crippen LogP contribution >= 0.6 is 0 Å². The summed E-state index contributed by atoms with van der Waals surface area (Å²) in [6.07, 6.45) is 5.60. The third-order valence-corrected chi connectivity index (χ3v) is 5.52. The van der Waals surface area contributed by atoms with Gasteiger partial charge in [-0.3, -0.25) is 14.5 Å². The van der Waals surface area contributed by atoms with Crippen molar-refractivity contribution in [2.45, 2.75) is 51.0 Å². The van der Waals surface area contributed by atoms with Crippen molar-refractivity contribution in [2.75, 3.05) is 0 Å². The molecule has 0 fully saturated rings. The molecular formula is C22H22F4N4O. The number of dihydropyridines is 1. The number of halogens is 4. The summed E-state index contributed by atoms with van der Waals surface area (Å²) in [5.74, 6) is -0.948. The van der Waals surface area contributed by atoms with E-state index in [0.29, 0.717) is 17.7 Å². The molecular weight excluding hydrogens is 412 g/mol. The van der Waals surface area contributed by atoms with Crippen LogP contribution in [0, 0.1) is 5.82 Å². The zero-order chi connectivity index (χ0) is 22.2. The highest BCUT2D eigenvalue weighted by atomic mass is 19.4. The lowest BCUT2D eigenvalue weighted by Gasteiger charge is -2.30. The first-order chi connectivity index (χ1) is 14.7. The molecule has 1 aliphatic heterocycles. The first kappa shape index (κ1) is 21.3. The van der Waals surface area contributed by atoms with Crippen molar-refractivity contribution in [1.82, 2.24) is 20.0 Å². The predicted molar refractivity (Wildman–Crippen MR) is 110 cm³/mol. The molecule has 1 aliphatic carbocycles. The first-order valence-corrected chi connectivity index (χ1v) is 10.1. The number of pyridine rings is 1. The average molecular weight is 434 g/mol. The maximum Gasteiger partial charge on any atom is 0.408 e. The lowest BCUT2D eigenvalue weighted by molar-refractivity contribution is -0.159. The molecule has 4 rings (SSSR count). The Morgan fingerprint density at radius 3 is 2.77 bits per heavy atom. The second-order valence-electron chi connectivity index (χ2n) is 7.77. The molecule has 2 aromatic rings. The summed E-state index contributed by atoms with van der Waals surface area (Å²) in [5, 5.41) is 5.33. The van der Waals surface area contributed by atoms with Gasteiger partial charge < -0.3 is 5.32 Å². The van der Waals surface area contributed by atoms with E-state index in [9.17, 15) is 22.4 Å². The van der Waals surface area contributed by atoms with E-state index < -0.39 is 35.3 Å². The Hall–Kier alpha value is -2.94. The van der Waals surface area contributed by atoms with Crippen molar-refractivity contribution < 1.29 is 17.6 Å². The summed E-state index contributed by atoms with van der Waals surface area (Å²) in [6, 6.07) is -0.194. The van der Waals surface area contributed by atoms with Crippen molar-refractivity contribution in [3.8, 4) is 0 Å². The largest absolute Gasteiger partial charge is 0.408 e. The fourth-order valence-corrected chi connectivity index (χ4v) is 3.93. The van der Waals surface area contributed by atoms with E-state index in [1.807, 2.05) is 6.08 Å². The van der Waals surface area contributed by atoms with Crippen molar-refractivity contribution in [1.29, 1.82) is 0 Å². The summed E-state index contributed by atoms with van der Waals surface area (Å²) in [5.41, 5.74) is 0.535. The molecule has 0 bridgehead atoms. The van der Waals surface area contributed by atoms with Crippen LogP contribution in [-0.2, 0) is 0 Å². The number of hydrogen-bond donors (Lipinski definition) is 2. The van der Waals surface area contributed by atoms with E-state index in [0.717, 1.165) is 41.5 Å². The Kier molecular flexibility index (Phi) is 5.70. The molecule has 3 heterocycles. The first-order valence-electron chi connectivity index (χ1n) is 10.1. The molecule has 31 heavy (non-hydrogen) atoms. The van der Waals surface area contributed by atoms with E-state index in [2.05, 4.69) is 15.6 Å². The van der Waals surface area contributed by atoms with Crippen molar-refractivity contribution in [2.24, 2.45) is 0 Å². The average Bonchev–Trinajstić information content (AvgIpc) is 2.73. The third kappa shape index (κ3) is 4.41. The van der Waals surface area contributed by atoms with Crippen LogP contribution in [-0.4, -0.2) is 21.7 Å². The van der Waals surface area contributed by atoms with Gasteiger partial charge in [-0.1, -0.05) is 12.2 Å². The summed E-state index contributed by atoms with van der Waals surface area (Å²) in [7, 11) is 0. The molecule has 9 heteroatoms. The minimum atomic E-state index is -4.75. The van der Waals surface area contributed by atoms with Gasteiger partial charge in [-0.15, -0.1) is 0 Å². The highest BCUT2D eigenvalue weighted by Gasteiger charge is 2.43. The Morgan fingerprint density at radius 1 is 1.29 bits per heavy atom. The van der Waals surface area contributed by atoms with Crippen LogP contribution in [0.2, 0.25) is 0 Å². The molecule has 164 valence electrons. The lowest BCUT2D eigenvalue weighted by Crippen LogP contribution is -2.48. The summed E-state index contributed by atoms with van der Waals surface area (Å²) >= 11 is 0. The molecule has 5 nitrogen and oxygen atoms in total. The molecule has 2 aromatic heterocycles. The minimum absolute atomic E-state index is 0.210. The van der Waals surface area contributed by atoms with Crippen LogP contribution in [0.15, 0.2) is 53.1 Å². The number of fused-ring (bicyclic) bond motifs is 1. The summed E-state index contributed by atoms with van der Waals surface area (Å²) < 4.78 is 57.5. The maximum atomic E-state index is 14.3. The molecule has 0 radical (unpaired) electrons. The molecule has 0 saturated carbocycles. The number of rotatable bonds is 4. The Bertz CT molecular complexity index is 1150. The number of nitrogens with zero attached hydrogens (tertiary/aromatic N) is 2. The Morgan fingerprint density at radius 2 is 2.10 bits per heavy atom. The van der Waals surface area contributed by atoms with E-state index in [-0.39, 0.29) is 5.65 Å². The van der Waals surface area contributed by atoms with Crippen molar-refractivity contribution in [3.63, 3.8) is 0 Å². The Labute approximate surface area is 176 Å². The van der Waals surface area contributed by atoms with Gasteiger partial charge >= 0.3 is 6.18 Å². The van der Waals surface area contributed by atoms with Gasteiger partial charge in [0, 0.05) is 17.8 Å². The number of alkyl halides is 3. The molecule has 2 unspecified atom stereocenters. The van der Waals surface area contributed by atoms with Crippen LogP contribution in [0.25, 0.3) is 11.2 Å². The van der Waals surface area contributed by atoms with Gasteiger partial charge in [0.1, 0.15) is 17.5 Å². The molecule has 2 aliphatic rings. The van der Waals surface area contributed by atoms with Gasteiger partial charge in [-0.25, -0.2) is 9.37 Å². The van der Waals surface area contributed by atoms with Crippen LogP contribution in [0.3, 0.4) is 0 Å². The third-order valence-electron chi connectivity index (χ3n) is 5.52. The maximum absolute atomic E-state index is 14.3. The van der Waals surface area contributed by atoms with Crippen molar-refractivity contribution in [3.05, 3.63) is 75.8 Å². The van der Waals surface area contributed by atoms with Crippen LogP contribution in [0.1, 0.15) is 49.9 Å². The standard InChI is InChI=1S/C22H22F4N4O/c1-13-6-5-9-27-20(13)29-19(22(24,25)26)16-10-15(23)12-30-18(31)11-17(28-21(16)30)14-7-3-2-4-8-14/h5-7,9-12,19-20,27,29H,2-4,8H2,1H3. The highest BCUT2D eigenvalue weighted by Crippen LogP contribution is 2.36. The lowest BCUT2D eigenvalue weighted by atomic mass is 9.97.